The molecule has 0 aliphatic carbocycles. The Bertz CT molecular complexity index is 1160. The van der Waals surface area contributed by atoms with Crippen molar-refractivity contribution in [2.45, 2.75) is 13.5 Å². The Morgan fingerprint density at radius 2 is 1.93 bits per heavy atom. The summed E-state index contributed by atoms with van der Waals surface area (Å²) in [6.07, 6.45) is 1.89. The summed E-state index contributed by atoms with van der Waals surface area (Å²) in [6, 6.07) is 14.0. The van der Waals surface area contributed by atoms with Gasteiger partial charge in [0, 0.05) is 19.6 Å². The molecule has 0 bridgehead atoms. The standard InChI is InChI=1S/C22H22ClN5O/c1-15-5-4-6-16(23)20(15)26-22-21-18(13-27-9-11-29-12-10-27)24-14-28(21)19-8-3-2-7-17(19)25-22/h2-8,14H,9-13H2,1H3,(H,25,26). The molecule has 6 nitrogen and oxygen atoms in total. The van der Waals surface area contributed by atoms with Gasteiger partial charge in [-0.2, -0.15) is 0 Å². The first-order chi connectivity index (χ1) is 14.2. The number of rotatable bonds is 4. The van der Waals surface area contributed by atoms with Crippen LogP contribution < -0.4 is 5.32 Å². The number of imidazole rings is 1. The first kappa shape index (κ1) is 18.4. The van der Waals surface area contributed by atoms with Crippen molar-refractivity contribution in [1.29, 1.82) is 0 Å². The second kappa shape index (κ2) is 7.63. The van der Waals surface area contributed by atoms with Crippen molar-refractivity contribution in [2.75, 3.05) is 31.6 Å². The van der Waals surface area contributed by atoms with Gasteiger partial charge in [-0.05, 0) is 30.7 Å². The minimum absolute atomic E-state index is 0.673. The molecule has 2 aromatic heterocycles. The van der Waals surface area contributed by atoms with E-state index in [1.54, 1.807) is 0 Å². The van der Waals surface area contributed by atoms with Crippen LogP contribution in [0.1, 0.15) is 11.3 Å². The van der Waals surface area contributed by atoms with Crippen LogP contribution >= 0.6 is 11.6 Å². The van der Waals surface area contributed by atoms with Crippen molar-refractivity contribution in [3.05, 3.63) is 65.1 Å². The lowest BCUT2D eigenvalue weighted by Crippen LogP contribution is -2.35. The molecule has 148 valence electrons. The highest BCUT2D eigenvalue weighted by Crippen LogP contribution is 2.32. The second-order valence-corrected chi connectivity index (χ2v) is 7.71. The smallest absolute Gasteiger partial charge is 0.157 e. The number of hydrogen-bond acceptors (Lipinski definition) is 5. The highest BCUT2D eigenvalue weighted by atomic mass is 35.5. The number of benzene rings is 2. The molecule has 29 heavy (non-hydrogen) atoms. The number of hydrogen-bond donors (Lipinski definition) is 1. The molecule has 2 aromatic carbocycles. The van der Waals surface area contributed by atoms with Crippen LogP contribution in [0.15, 0.2) is 48.8 Å². The first-order valence-electron chi connectivity index (χ1n) is 9.77. The van der Waals surface area contributed by atoms with Crippen LogP contribution in [0, 0.1) is 6.92 Å². The number of nitrogens with zero attached hydrogens (tertiary/aromatic N) is 4. The maximum atomic E-state index is 6.48. The topological polar surface area (TPSA) is 54.7 Å². The minimum atomic E-state index is 0.673. The van der Waals surface area contributed by atoms with Crippen LogP contribution in [0.4, 0.5) is 11.5 Å². The van der Waals surface area contributed by atoms with E-state index in [0.29, 0.717) is 5.02 Å². The van der Waals surface area contributed by atoms with Crippen LogP contribution in [0.25, 0.3) is 16.6 Å². The third-order valence-electron chi connectivity index (χ3n) is 5.38. The number of ether oxygens (including phenoxy) is 1. The zero-order chi connectivity index (χ0) is 19.8. The van der Waals surface area contributed by atoms with Gasteiger partial charge < -0.3 is 10.1 Å². The fourth-order valence-electron chi connectivity index (χ4n) is 3.84. The summed E-state index contributed by atoms with van der Waals surface area (Å²) in [4.78, 5) is 12.1. The van der Waals surface area contributed by atoms with E-state index in [1.165, 1.54) is 0 Å². The molecule has 1 aliphatic rings. The lowest BCUT2D eigenvalue weighted by atomic mass is 10.2. The van der Waals surface area contributed by atoms with E-state index in [0.717, 1.165) is 72.2 Å². The highest BCUT2D eigenvalue weighted by Gasteiger charge is 2.19. The van der Waals surface area contributed by atoms with Crippen LogP contribution in [0.2, 0.25) is 5.02 Å². The van der Waals surface area contributed by atoms with Crippen LogP contribution in [0.3, 0.4) is 0 Å². The van der Waals surface area contributed by atoms with Gasteiger partial charge >= 0.3 is 0 Å². The van der Waals surface area contributed by atoms with Crippen molar-refractivity contribution in [3.8, 4) is 0 Å². The molecule has 1 saturated heterocycles. The van der Waals surface area contributed by atoms with E-state index in [2.05, 4.69) is 20.7 Å². The number of nitrogens with one attached hydrogen (secondary N) is 1. The normalized spacial score (nSPS) is 15.2. The summed E-state index contributed by atoms with van der Waals surface area (Å²) in [5.41, 5.74) is 5.86. The Morgan fingerprint density at radius 1 is 1.10 bits per heavy atom. The van der Waals surface area contributed by atoms with Gasteiger partial charge in [-0.15, -0.1) is 0 Å². The minimum Gasteiger partial charge on any atom is -0.379 e. The maximum absolute atomic E-state index is 6.48. The van der Waals surface area contributed by atoms with Gasteiger partial charge in [0.2, 0.25) is 0 Å². The van der Waals surface area contributed by atoms with Gasteiger partial charge in [0.25, 0.3) is 0 Å². The van der Waals surface area contributed by atoms with Crippen molar-refractivity contribution >= 4 is 39.7 Å². The largest absolute Gasteiger partial charge is 0.379 e. The molecular weight excluding hydrogens is 386 g/mol. The molecule has 1 fully saturated rings. The molecule has 0 saturated carbocycles. The Morgan fingerprint density at radius 3 is 2.76 bits per heavy atom. The molecule has 0 amide bonds. The van der Waals surface area contributed by atoms with Gasteiger partial charge in [0.15, 0.2) is 5.82 Å². The number of anilines is 2. The predicted molar refractivity (Wildman–Crippen MR) is 116 cm³/mol. The molecule has 1 aliphatic heterocycles. The molecule has 3 heterocycles. The lowest BCUT2D eigenvalue weighted by molar-refractivity contribution is 0.0339. The Kier molecular flexibility index (Phi) is 4.83. The summed E-state index contributed by atoms with van der Waals surface area (Å²) in [6.45, 7) is 6.14. The monoisotopic (exact) mass is 407 g/mol. The van der Waals surface area contributed by atoms with E-state index in [9.17, 15) is 0 Å². The van der Waals surface area contributed by atoms with Crippen LogP contribution in [0.5, 0.6) is 0 Å². The van der Waals surface area contributed by atoms with E-state index >= 15 is 0 Å². The average molecular weight is 408 g/mol. The summed E-state index contributed by atoms with van der Waals surface area (Å²) in [7, 11) is 0. The molecule has 5 rings (SSSR count). The third kappa shape index (κ3) is 3.44. The highest BCUT2D eigenvalue weighted by molar-refractivity contribution is 6.33. The summed E-state index contributed by atoms with van der Waals surface area (Å²) < 4.78 is 7.60. The Balaban J connectivity index is 1.66. The third-order valence-corrected chi connectivity index (χ3v) is 5.70. The van der Waals surface area contributed by atoms with Crippen molar-refractivity contribution < 1.29 is 4.74 Å². The number of aromatic nitrogens is 3. The van der Waals surface area contributed by atoms with Gasteiger partial charge in [-0.25, -0.2) is 9.97 Å². The molecule has 0 unspecified atom stereocenters. The molecular formula is C22H22ClN5O. The lowest BCUT2D eigenvalue weighted by Gasteiger charge is -2.26. The van der Waals surface area contributed by atoms with Gasteiger partial charge in [0.05, 0.1) is 40.7 Å². The molecule has 4 aromatic rings. The summed E-state index contributed by atoms with van der Waals surface area (Å²) in [5, 5.41) is 4.17. The molecule has 1 N–H and O–H groups in total. The predicted octanol–water partition coefficient (Wildman–Crippen LogP) is 4.42. The van der Waals surface area contributed by atoms with Gasteiger partial charge in [-0.3, -0.25) is 9.30 Å². The van der Waals surface area contributed by atoms with Gasteiger partial charge in [-0.1, -0.05) is 35.9 Å². The zero-order valence-electron chi connectivity index (χ0n) is 16.2. The fraction of sp³-hybridized carbons (Fsp3) is 0.273. The molecule has 0 radical (unpaired) electrons. The SMILES string of the molecule is Cc1cccc(Cl)c1Nc1nc2ccccc2n2cnc(CN3CCOCC3)c12. The van der Waals surface area contributed by atoms with E-state index in [1.807, 2.05) is 49.6 Å². The average Bonchev–Trinajstić information content (AvgIpc) is 3.16. The van der Waals surface area contributed by atoms with Crippen LogP contribution in [-0.2, 0) is 11.3 Å². The number of halogens is 1. The van der Waals surface area contributed by atoms with Crippen molar-refractivity contribution in [1.82, 2.24) is 19.3 Å². The molecule has 0 spiro atoms. The number of aryl methyl sites for hydroxylation is 1. The van der Waals surface area contributed by atoms with Crippen molar-refractivity contribution in [3.63, 3.8) is 0 Å². The zero-order valence-corrected chi connectivity index (χ0v) is 17.0. The first-order valence-corrected chi connectivity index (χ1v) is 10.2. The number of para-hydroxylation sites is 3. The Labute approximate surface area is 174 Å². The fourth-order valence-corrected chi connectivity index (χ4v) is 4.11. The van der Waals surface area contributed by atoms with E-state index in [4.69, 9.17) is 26.3 Å². The molecule has 7 heteroatoms. The van der Waals surface area contributed by atoms with E-state index in [-0.39, 0.29) is 0 Å². The van der Waals surface area contributed by atoms with E-state index < -0.39 is 0 Å². The van der Waals surface area contributed by atoms with Gasteiger partial charge in [0.1, 0.15) is 11.8 Å². The van der Waals surface area contributed by atoms with Crippen LogP contribution in [-0.4, -0.2) is 45.6 Å². The summed E-state index contributed by atoms with van der Waals surface area (Å²) >= 11 is 6.48. The maximum Gasteiger partial charge on any atom is 0.157 e. The molecule has 0 atom stereocenters. The van der Waals surface area contributed by atoms with Crippen molar-refractivity contribution in [2.24, 2.45) is 0 Å². The number of fused-ring (bicyclic) bond motifs is 3. The second-order valence-electron chi connectivity index (χ2n) is 7.30. The quantitative estimate of drug-likeness (QED) is 0.542. The number of morpholine rings is 1. The Hall–Kier alpha value is -2.67. The summed E-state index contributed by atoms with van der Waals surface area (Å²) in [5.74, 6) is 0.764.